The third kappa shape index (κ3) is 3.37. The van der Waals surface area contributed by atoms with E-state index in [9.17, 15) is 8.42 Å². The fourth-order valence-corrected chi connectivity index (χ4v) is 4.93. The lowest BCUT2D eigenvalue weighted by Gasteiger charge is -2.11. The van der Waals surface area contributed by atoms with E-state index in [1.807, 2.05) is 19.9 Å². The molecular weight excluding hydrogens is 364 g/mol. The summed E-state index contributed by atoms with van der Waals surface area (Å²) in [7, 11) is -3.84. The molecule has 1 saturated carbocycles. The molecule has 1 aromatic carbocycles. The Morgan fingerprint density at radius 1 is 1.07 bits per heavy atom. The Bertz CT molecular complexity index is 1100. The van der Waals surface area contributed by atoms with Crippen LogP contribution in [0.5, 0.6) is 0 Å². The van der Waals surface area contributed by atoms with Gasteiger partial charge in [0.05, 0.1) is 5.56 Å². The van der Waals surface area contributed by atoms with Crippen molar-refractivity contribution in [3.63, 3.8) is 0 Å². The number of hydrogen-bond acceptors (Lipinski definition) is 5. The van der Waals surface area contributed by atoms with E-state index in [1.54, 1.807) is 26.0 Å². The average Bonchev–Trinajstić information content (AvgIpc) is 3.19. The molecule has 0 atom stereocenters. The number of aryl methyl sites for hydroxylation is 4. The van der Waals surface area contributed by atoms with Crippen LogP contribution in [-0.2, 0) is 10.0 Å². The summed E-state index contributed by atoms with van der Waals surface area (Å²) in [5.74, 6) is 1.21. The molecule has 27 heavy (non-hydrogen) atoms. The van der Waals surface area contributed by atoms with Crippen molar-refractivity contribution in [3.05, 3.63) is 46.5 Å². The summed E-state index contributed by atoms with van der Waals surface area (Å²) in [6, 6.07) is 5.60. The van der Waals surface area contributed by atoms with Crippen LogP contribution in [0.3, 0.4) is 0 Å². The van der Waals surface area contributed by atoms with E-state index >= 15 is 0 Å². The maximum Gasteiger partial charge on any atom is 0.264 e. The third-order valence-corrected chi connectivity index (χ3v) is 6.21. The summed E-state index contributed by atoms with van der Waals surface area (Å²) in [5.41, 5.74) is 4.15. The van der Waals surface area contributed by atoms with Crippen LogP contribution in [0.1, 0.15) is 47.1 Å². The standard InChI is InChI=1S/C19H22N4O3S/c1-10-7-11(2)9-15(8-10)23-27(24,25)17-13(4)20-12(3)16(17)19-21-18(22-26-19)14-5-6-14/h7-9,14,20,23H,5-6H2,1-4H3. The second-order valence-electron chi connectivity index (χ2n) is 7.29. The highest BCUT2D eigenvalue weighted by molar-refractivity contribution is 7.93. The second-order valence-corrected chi connectivity index (χ2v) is 8.91. The number of H-pyrrole nitrogens is 1. The first-order valence-electron chi connectivity index (χ1n) is 8.89. The molecule has 2 heterocycles. The lowest BCUT2D eigenvalue weighted by Crippen LogP contribution is -2.14. The highest BCUT2D eigenvalue weighted by Gasteiger charge is 2.32. The molecule has 0 radical (unpaired) electrons. The molecule has 0 spiro atoms. The minimum atomic E-state index is -3.84. The topological polar surface area (TPSA) is 101 Å². The van der Waals surface area contributed by atoms with Crippen molar-refractivity contribution in [2.45, 2.75) is 51.3 Å². The Balaban J connectivity index is 1.77. The van der Waals surface area contributed by atoms with E-state index in [4.69, 9.17) is 4.52 Å². The average molecular weight is 386 g/mol. The molecule has 1 aliphatic carbocycles. The Morgan fingerprint density at radius 2 is 1.74 bits per heavy atom. The van der Waals surface area contributed by atoms with Gasteiger partial charge in [-0.3, -0.25) is 4.72 Å². The molecule has 3 aromatic rings. The lowest BCUT2D eigenvalue weighted by molar-refractivity contribution is 0.421. The maximum atomic E-state index is 13.2. The van der Waals surface area contributed by atoms with Gasteiger partial charge in [0.25, 0.3) is 15.9 Å². The van der Waals surface area contributed by atoms with Crippen molar-refractivity contribution in [2.75, 3.05) is 4.72 Å². The highest BCUT2D eigenvalue weighted by atomic mass is 32.2. The Morgan fingerprint density at radius 3 is 2.37 bits per heavy atom. The summed E-state index contributed by atoms with van der Waals surface area (Å²) in [4.78, 5) is 7.68. The molecule has 0 saturated heterocycles. The Labute approximate surface area is 158 Å². The van der Waals surface area contributed by atoms with Crippen LogP contribution in [0.4, 0.5) is 5.69 Å². The summed E-state index contributed by atoms with van der Waals surface area (Å²) >= 11 is 0. The first-order valence-corrected chi connectivity index (χ1v) is 10.4. The molecule has 0 amide bonds. The molecular formula is C19H22N4O3S. The number of nitrogens with one attached hydrogen (secondary N) is 2. The zero-order valence-electron chi connectivity index (χ0n) is 15.8. The predicted octanol–water partition coefficient (Wildman–Crippen LogP) is 3.98. The molecule has 7 nitrogen and oxygen atoms in total. The number of rotatable bonds is 5. The van der Waals surface area contributed by atoms with Gasteiger partial charge in [0.2, 0.25) is 0 Å². The number of aromatic amines is 1. The molecule has 0 unspecified atom stereocenters. The van der Waals surface area contributed by atoms with Gasteiger partial charge in [0, 0.05) is 23.0 Å². The van der Waals surface area contributed by atoms with Gasteiger partial charge in [-0.25, -0.2) is 8.42 Å². The summed E-state index contributed by atoms with van der Waals surface area (Å²) in [5, 5.41) is 4.02. The fourth-order valence-electron chi connectivity index (χ4n) is 3.44. The molecule has 2 aromatic heterocycles. The normalized spacial score (nSPS) is 14.5. The quantitative estimate of drug-likeness (QED) is 0.691. The molecule has 142 valence electrons. The highest BCUT2D eigenvalue weighted by Crippen LogP contribution is 2.40. The molecule has 1 fully saturated rings. The number of hydrogen-bond donors (Lipinski definition) is 2. The third-order valence-electron chi connectivity index (χ3n) is 4.66. The SMILES string of the molecule is Cc1cc(C)cc(NS(=O)(=O)c2c(C)[nH]c(C)c2-c2nc(C3CC3)no2)c1. The van der Waals surface area contributed by atoms with Crippen molar-refractivity contribution < 1.29 is 12.9 Å². The van der Waals surface area contributed by atoms with Crippen LogP contribution in [0.15, 0.2) is 27.6 Å². The minimum absolute atomic E-state index is 0.144. The van der Waals surface area contributed by atoms with Gasteiger partial charge in [-0.15, -0.1) is 0 Å². The van der Waals surface area contributed by atoms with Crippen molar-refractivity contribution >= 4 is 15.7 Å². The van der Waals surface area contributed by atoms with E-state index in [-0.39, 0.29) is 10.8 Å². The van der Waals surface area contributed by atoms with E-state index in [1.165, 1.54) is 0 Å². The molecule has 1 aliphatic rings. The van der Waals surface area contributed by atoms with Gasteiger partial charge < -0.3 is 9.51 Å². The van der Waals surface area contributed by atoms with Gasteiger partial charge in [0.15, 0.2) is 5.82 Å². The zero-order chi connectivity index (χ0) is 19.3. The molecule has 8 heteroatoms. The summed E-state index contributed by atoms with van der Waals surface area (Å²) in [6.45, 7) is 7.39. The van der Waals surface area contributed by atoms with E-state index in [0.717, 1.165) is 24.0 Å². The second kappa shape index (κ2) is 6.23. The largest absolute Gasteiger partial charge is 0.361 e. The molecule has 4 rings (SSSR count). The van der Waals surface area contributed by atoms with Gasteiger partial charge in [0.1, 0.15) is 4.90 Å². The fraction of sp³-hybridized carbons (Fsp3) is 0.368. The van der Waals surface area contributed by atoms with Gasteiger partial charge in [-0.1, -0.05) is 11.2 Å². The van der Waals surface area contributed by atoms with Crippen molar-refractivity contribution in [3.8, 4) is 11.5 Å². The summed E-state index contributed by atoms with van der Waals surface area (Å²) in [6.07, 6.45) is 2.09. The first kappa shape index (κ1) is 17.8. The Hall–Kier alpha value is -2.61. The van der Waals surface area contributed by atoms with Crippen LogP contribution in [-0.4, -0.2) is 23.5 Å². The number of aromatic nitrogens is 3. The van der Waals surface area contributed by atoms with Crippen LogP contribution < -0.4 is 4.72 Å². The zero-order valence-corrected chi connectivity index (χ0v) is 16.6. The van der Waals surface area contributed by atoms with Gasteiger partial charge in [-0.05, 0) is 63.8 Å². The first-order chi connectivity index (χ1) is 12.7. The van der Waals surface area contributed by atoms with Crippen LogP contribution in [0, 0.1) is 27.7 Å². The van der Waals surface area contributed by atoms with Gasteiger partial charge in [-0.2, -0.15) is 4.98 Å². The van der Waals surface area contributed by atoms with Crippen LogP contribution >= 0.6 is 0 Å². The van der Waals surface area contributed by atoms with E-state index in [0.29, 0.717) is 34.4 Å². The van der Waals surface area contributed by atoms with Crippen molar-refractivity contribution in [1.29, 1.82) is 0 Å². The number of nitrogens with zero attached hydrogens (tertiary/aromatic N) is 2. The van der Waals surface area contributed by atoms with Crippen LogP contribution in [0.2, 0.25) is 0 Å². The minimum Gasteiger partial charge on any atom is -0.361 e. The summed E-state index contributed by atoms with van der Waals surface area (Å²) < 4.78 is 34.5. The smallest absolute Gasteiger partial charge is 0.264 e. The van der Waals surface area contributed by atoms with Gasteiger partial charge >= 0.3 is 0 Å². The molecule has 2 N–H and O–H groups in total. The van der Waals surface area contributed by atoms with E-state index in [2.05, 4.69) is 19.8 Å². The Kier molecular flexibility index (Phi) is 4.10. The number of benzene rings is 1. The molecule has 0 aliphatic heterocycles. The predicted molar refractivity (Wildman–Crippen MR) is 102 cm³/mol. The van der Waals surface area contributed by atoms with Crippen molar-refractivity contribution in [1.82, 2.24) is 15.1 Å². The van der Waals surface area contributed by atoms with Crippen molar-refractivity contribution in [2.24, 2.45) is 0 Å². The number of sulfonamides is 1. The molecule has 0 bridgehead atoms. The van der Waals surface area contributed by atoms with E-state index < -0.39 is 10.0 Å². The lowest BCUT2D eigenvalue weighted by atomic mass is 10.1. The monoisotopic (exact) mass is 386 g/mol. The number of anilines is 1. The maximum absolute atomic E-state index is 13.2. The van der Waals surface area contributed by atoms with Crippen LogP contribution in [0.25, 0.3) is 11.5 Å².